The molecule has 0 aromatic heterocycles. The Morgan fingerprint density at radius 3 is 1.25 bits per heavy atom. The molecule has 0 saturated heterocycles. The number of rotatable bonds is 1. The molecule has 0 heterocycles. The van der Waals surface area contributed by atoms with Gasteiger partial charge in [0.15, 0.2) is 0 Å². The quantitative estimate of drug-likeness (QED) is 0.544. The van der Waals surface area contributed by atoms with Gasteiger partial charge in [0.25, 0.3) is 0 Å². The molecule has 0 fully saturated rings. The molecule has 0 aromatic carbocycles. The molecule has 0 spiro atoms. The first kappa shape index (κ1) is 5.87. The van der Waals surface area contributed by atoms with E-state index >= 15 is 0 Å². The van der Waals surface area contributed by atoms with Crippen LogP contribution < -0.4 is 0 Å². The van der Waals surface area contributed by atoms with Crippen LogP contribution in [0.3, 0.4) is 0 Å². The van der Waals surface area contributed by atoms with Crippen LogP contribution in [0, 0.1) is 0 Å². The Morgan fingerprint density at radius 1 is 1.00 bits per heavy atom. The summed E-state index contributed by atoms with van der Waals surface area (Å²) in [4.78, 5) is 0. The topological polar surface area (TPSA) is 0 Å². The van der Waals surface area contributed by atoms with Crippen molar-refractivity contribution in [3.8, 4) is 0 Å². The van der Waals surface area contributed by atoms with Crippen molar-refractivity contribution in [3.63, 3.8) is 0 Å². The van der Waals surface area contributed by atoms with Gasteiger partial charge in [0.2, 0.25) is 0 Å². The van der Waals surface area contributed by atoms with E-state index in [0.717, 1.165) is 52.2 Å². The van der Waals surface area contributed by atoms with Crippen molar-refractivity contribution in [2.45, 2.75) is 7.86 Å². The van der Waals surface area contributed by atoms with Crippen molar-refractivity contribution in [1.82, 2.24) is 0 Å². The van der Waals surface area contributed by atoms with E-state index in [1.807, 2.05) is 0 Å². The molecule has 0 amide bonds. The van der Waals surface area contributed by atoms with Gasteiger partial charge < -0.3 is 0 Å². The van der Waals surface area contributed by atoms with Gasteiger partial charge in [-0.2, -0.15) is 0 Å². The van der Waals surface area contributed by atoms with Gasteiger partial charge in [-0.05, 0) is 0 Å². The van der Waals surface area contributed by atoms with Crippen LogP contribution in [0.15, 0.2) is 0 Å². The van der Waals surface area contributed by atoms with Gasteiger partial charge in [0, 0.05) is 0 Å². The fourth-order valence-corrected chi connectivity index (χ4v) is 0. The standard InChI is InChI=1S/C2H4.2Hg/c1-2;;/h1-2H2;;. The van der Waals surface area contributed by atoms with E-state index in [2.05, 4.69) is 0 Å². The monoisotopic (exact) mass is 432 g/mol. The summed E-state index contributed by atoms with van der Waals surface area (Å²) >= 11 is 2.24. The Labute approximate surface area is 59.3 Å². The third-order valence-electron chi connectivity index (χ3n) is 0.250. The Morgan fingerprint density at radius 2 is 1.25 bits per heavy atom. The zero-order chi connectivity index (χ0) is 3.41. The fourth-order valence-electron chi connectivity index (χ4n) is 0. The Balaban J connectivity index is 1.97. The van der Waals surface area contributed by atoms with Gasteiger partial charge in [-0.3, -0.25) is 0 Å². The average molecular weight is 429 g/mol. The fraction of sp³-hybridized carbons (Fsp3) is 1.00. The molecule has 0 N–H and O–H groups in total. The minimum atomic E-state index is 1.12. The minimum absolute atomic E-state index is 1.12. The van der Waals surface area contributed by atoms with Crippen molar-refractivity contribution in [2.24, 2.45) is 0 Å². The molecular formula is C2H4Hg2. The third-order valence-corrected chi connectivity index (χ3v) is 19.2. The predicted molar refractivity (Wildman–Crippen MR) is 9.61 cm³/mol. The summed E-state index contributed by atoms with van der Waals surface area (Å²) in [6, 6.07) is 0. The zero-order valence-corrected chi connectivity index (χ0v) is 13.8. The molecular weight excluding hydrogens is 425 g/mol. The van der Waals surface area contributed by atoms with Gasteiger partial charge >= 0.3 is 60.1 Å². The van der Waals surface area contributed by atoms with Crippen molar-refractivity contribution in [1.29, 1.82) is 0 Å². The van der Waals surface area contributed by atoms with Crippen LogP contribution in [-0.2, 0) is 52.2 Å². The van der Waals surface area contributed by atoms with Crippen LogP contribution >= 0.6 is 0 Å². The summed E-state index contributed by atoms with van der Waals surface area (Å²) < 4.78 is 3.20. The van der Waals surface area contributed by atoms with E-state index in [1.54, 1.807) is 7.86 Å². The molecule has 0 rings (SSSR count). The molecule has 0 nitrogen and oxygen atoms in total. The van der Waals surface area contributed by atoms with E-state index < -0.39 is 0 Å². The molecule has 0 aliphatic rings. The van der Waals surface area contributed by atoms with Crippen LogP contribution in [-0.4, -0.2) is 0 Å². The first-order valence-corrected chi connectivity index (χ1v) is 9.27. The Bertz CT molecular complexity index is 6.00. The van der Waals surface area contributed by atoms with Gasteiger partial charge in [0.1, 0.15) is 0 Å². The summed E-state index contributed by atoms with van der Waals surface area (Å²) in [5.41, 5.74) is 0. The summed E-state index contributed by atoms with van der Waals surface area (Å²) in [5.74, 6) is 0. The van der Waals surface area contributed by atoms with Gasteiger partial charge in [-0.15, -0.1) is 0 Å². The maximum absolute atomic E-state index is 1.60. The predicted octanol–water partition coefficient (Wildman–Crippen LogP) is 0.917. The molecule has 0 aromatic rings. The maximum atomic E-state index is 1.60. The number of hydrogen-bond donors (Lipinski definition) is 0. The first-order valence-electron chi connectivity index (χ1n) is 1.50. The molecule has 0 aliphatic carbocycles. The first-order chi connectivity index (χ1) is 1.91. The summed E-state index contributed by atoms with van der Waals surface area (Å²) in [6.07, 6.45) is 0. The van der Waals surface area contributed by atoms with Crippen LogP contribution in [0.5, 0.6) is 0 Å². The normalized spacial score (nSPS) is 8.00. The van der Waals surface area contributed by atoms with Crippen molar-refractivity contribution < 1.29 is 52.2 Å². The van der Waals surface area contributed by atoms with E-state index in [4.69, 9.17) is 0 Å². The second-order valence-corrected chi connectivity index (χ2v) is 6.20. The van der Waals surface area contributed by atoms with Crippen molar-refractivity contribution in [2.75, 3.05) is 0 Å². The Kier molecular flexibility index (Phi) is 7.15. The molecule has 0 unspecified atom stereocenters. The van der Waals surface area contributed by atoms with E-state index in [0.29, 0.717) is 0 Å². The molecule has 16 valence electrons. The van der Waals surface area contributed by atoms with E-state index in [9.17, 15) is 0 Å². The number of hydrogen-bond acceptors (Lipinski definition) is 0. The zero-order valence-electron chi connectivity index (χ0n) is 2.83. The van der Waals surface area contributed by atoms with Crippen molar-refractivity contribution in [3.05, 3.63) is 0 Å². The van der Waals surface area contributed by atoms with Crippen LogP contribution in [0.4, 0.5) is 0 Å². The molecule has 0 atom stereocenters. The van der Waals surface area contributed by atoms with Gasteiger partial charge in [0.05, 0.1) is 0 Å². The second-order valence-electron chi connectivity index (χ2n) is 0.707. The van der Waals surface area contributed by atoms with E-state index in [-0.39, 0.29) is 0 Å². The SMILES string of the molecule is [Hg][CH2][CH2][Hg]. The molecule has 0 aliphatic heterocycles. The van der Waals surface area contributed by atoms with Crippen LogP contribution in [0.1, 0.15) is 0 Å². The molecule has 0 bridgehead atoms. The summed E-state index contributed by atoms with van der Waals surface area (Å²) in [5, 5.41) is 0. The summed E-state index contributed by atoms with van der Waals surface area (Å²) in [6.45, 7) is 0. The summed E-state index contributed by atoms with van der Waals surface area (Å²) in [7, 11) is 0. The van der Waals surface area contributed by atoms with Crippen molar-refractivity contribution >= 4 is 0 Å². The molecule has 0 radical (unpaired) electrons. The third kappa shape index (κ3) is 3.87. The molecule has 2 heteroatoms. The second kappa shape index (κ2) is 4.87. The molecule has 0 saturated carbocycles. The van der Waals surface area contributed by atoms with E-state index in [1.165, 1.54) is 0 Å². The molecule has 4 heavy (non-hydrogen) atoms. The average Bonchev–Trinajstić information content (AvgIpc) is 1.37. The van der Waals surface area contributed by atoms with Gasteiger partial charge in [-0.1, -0.05) is 0 Å². The van der Waals surface area contributed by atoms with Gasteiger partial charge in [-0.25, -0.2) is 0 Å². The van der Waals surface area contributed by atoms with Crippen LogP contribution in [0.2, 0.25) is 7.86 Å². The Hall–Kier alpha value is 1.87. The van der Waals surface area contributed by atoms with Crippen LogP contribution in [0.25, 0.3) is 0 Å².